The number of ether oxygens (including phenoxy) is 1. The third-order valence-electron chi connectivity index (χ3n) is 4.42. The molecule has 0 aromatic carbocycles. The molecule has 0 radical (unpaired) electrons. The fourth-order valence-corrected chi connectivity index (χ4v) is 3.26. The zero-order valence-electron chi connectivity index (χ0n) is 12.6. The maximum Gasteiger partial charge on any atom is 0.161 e. The predicted octanol–water partition coefficient (Wildman–Crippen LogP) is 2.91. The number of rotatable bonds is 5. The molecule has 1 aromatic rings. The van der Waals surface area contributed by atoms with Gasteiger partial charge in [-0.2, -0.15) is 5.10 Å². The molecule has 19 heavy (non-hydrogen) atoms. The fraction of sp³-hybridized carbons (Fsp3) is 0.800. The van der Waals surface area contributed by atoms with Crippen LogP contribution in [0.5, 0.6) is 5.75 Å². The number of nitrogens with zero attached hydrogens (tertiary/aromatic N) is 2. The summed E-state index contributed by atoms with van der Waals surface area (Å²) in [4.78, 5) is 0. The van der Waals surface area contributed by atoms with Gasteiger partial charge < -0.3 is 10.1 Å². The van der Waals surface area contributed by atoms with E-state index in [0.29, 0.717) is 12.0 Å². The van der Waals surface area contributed by atoms with Gasteiger partial charge in [0.25, 0.3) is 0 Å². The molecule has 0 amide bonds. The third-order valence-corrected chi connectivity index (χ3v) is 4.42. The molecular weight excluding hydrogens is 238 g/mol. The summed E-state index contributed by atoms with van der Waals surface area (Å²) in [6.45, 7) is 5.51. The average molecular weight is 265 g/mol. The van der Waals surface area contributed by atoms with Crippen molar-refractivity contribution in [3.05, 3.63) is 11.9 Å². The zero-order chi connectivity index (χ0) is 13.8. The van der Waals surface area contributed by atoms with Gasteiger partial charge in [0.05, 0.1) is 25.0 Å². The van der Waals surface area contributed by atoms with E-state index in [1.165, 1.54) is 31.4 Å². The Labute approximate surface area is 116 Å². The predicted molar refractivity (Wildman–Crippen MR) is 77.3 cm³/mol. The first-order valence-electron chi connectivity index (χ1n) is 7.46. The van der Waals surface area contributed by atoms with Crippen molar-refractivity contribution < 1.29 is 4.74 Å². The van der Waals surface area contributed by atoms with Crippen LogP contribution in [0.1, 0.15) is 51.3 Å². The van der Waals surface area contributed by atoms with E-state index in [9.17, 15) is 0 Å². The standard InChI is InChI=1S/C15H27N3O/c1-5-16-14(12-8-6-11(2)7-9-12)15-13(19-4)10-17-18(15)3/h10-12,14,16H,5-9H2,1-4H3. The van der Waals surface area contributed by atoms with Crippen LogP contribution in [-0.4, -0.2) is 23.4 Å². The van der Waals surface area contributed by atoms with E-state index in [2.05, 4.69) is 24.3 Å². The summed E-state index contributed by atoms with van der Waals surface area (Å²) >= 11 is 0. The van der Waals surface area contributed by atoms with Crippen LogP contribution in [0.15, 0.2) is 6.20 Å². The number of nitrogens with one attached hydrogen (secondary N) is 1. The second-order valence-electron chi connectivity index (χ2n) is 5.78. The molecule has 0 aliphatic heterocycles. The van der Waals surface area contributed by atoms with Gasteiger partial charge in [0.2, 0.25) is 0 Å². The Bertz CT molecular complexity index is 394. The van der Waals surface area contributed by atoms with Crippen LogP contribution in [0.3, 0.4) is 0 Å². The Morgan fingerprint density at radius 2 is 2.11 bits per heavy atom. The lowest BCUT2D eigenvalue weighted by atomic mass is 9.78. The number of aromatic nitrogens is 2. The highest BCUT2D eigenvalue weighted by Gasteiger charge is 2.30. The second kappa shape index (κ2) is 6.42. The molecule has 4 nitrogen and oxygen atoms in total. The number of aryl methyl sites for hydroxylation is 1. The lowest BCUT2D eigenvalue weighted by Gasteiger charge is -2.33. The molecule has 1 aliphatic carbocycles. The summed E-state index contributed by atoms with van der Waals surface area (Å²) in [5.41, 5.74) is 1.20. The van der Waals surface area contributed by atoms with Crippen molar-refractivity contribution >= 4 is 0 Å². The van der Waals surface area contributed by atoms with Gasteiger partial charge in [0.1, 0.15) is 0 Å². The van der Waals surface area contributed by atoms with Crippen LogP contribution in [0, 0.1) is 11.8 Å². The molecule has 1 atom stereocenters. The molecule has 1 unspecified atom stereocenters. The van der Waals surface area contributed by atoms with Crippen LogP contribution in [-0.2, 0) is 7.05 Å². The minimum atomic E-state index is 0.361. The van der Waals surface area contributed by atoms with Crippen LogP contribution in [0.25, 0.3) is 0 Å². The maximum atomic E-state index is 5.48. The van der Waals surface area contributed by atoms with E-state index in [0.717, 1.165) is 18.2 Å². The lowest BCUT2D eigenvalue weighted by molar-refractivity contribution is 0.223. The van der Waals surface area contributed by atoms with E-state index >= 15 is 0 Å². The Morgan fingerprint density at radius 3 is 2.68 bits per heavy atom. The molecule has 0 spiro atoms. The Kier molecular flexibility index (Phi) is 4.86. The van der Waals surface area contributed by atoms with Gasteiger partial charge in [0.15, 0.2) is 5.75 Å². The van der Waals surface area contributed by atoms with E-state index < -0.39 is 0 Å². The molecule has 2 rings (SSSR count). The molecule has 1 aliphatic rings. The smallest absolute Gasteiger partial charge is 0.161 e. The van der Waals surface area contributed by atoms with Gasteiger partial charge >= 0.3 is 0 Å². The number of hydrogen-bond donors (Lipinski definition) is 1. The molecule has 108 valence electrons. The summed E-state index contributed by atoms with van der Waals surface area (Å²) in [6, 6.07) is 0.361. The summed E-state index contributed by atoms with van der Waals surface area (Å²) in [5, 5.41) is 8.00. The quantitative estimate of drug-likeness (QED) is 0.889. The van der Waals surface area contributed by atoms with Gasteiger partial charge in [0, 0.05) is 7.05 Å². The molecule has 1 N–H and O–H groups in total. The highest BCUT2D eigenvalue weighted by atomic mass is 16.5. The molecule has 4 heteroatoms. The van der Waals surface area contributed by atoms with Crippen molar-refractivity contribution in [2.45, 2.75) is 45.6 Å². The summed E-state index contributed by atoms with van der Waals surface area (Å²) in [7, 11) is 3.74. The minimum absolute atomic E-state index is 0.361. The Hall–Kier alpha value is -1.03. The van der Waals surface area contributed by atoms with Gasteiger partial charge in [-0.15, -0.1) is 0 Å². The monoisotopic (exact) mass is 265 g/mol. The van der Waals surface area contributed by atoms with E-state index in [-0.39, 0.29) is 0 Å². The van der Waals surface area contributed by atoms with Crippen LogP contribution < -0.4 is 10.1 Å². The Balaban J connectivity index is 2.21. The minimum Gasteiger partial charge on any atom is -0.493 e. The van der Waals surface area contributed by atoms with Gasteiger partial charge in [-0.3, -0.25) is 4.68 Å². The van der Waals surface area contributed by atoms with E-state index in [4.69, 9.17) is 4.74 Å². The van der Waals surface area contributed by atoms with Crippen LogP contribution in [0.2, 0.25) is 0 Å². The molecule has 1 aromatic heterocycles. The summed E-state index contributed by atoms with van der Waals surface area (Å²) in [5.74, 6) is 2.49. The second-order valence-corrected chi connectivity index (χ2v) is 5.78. The van der Waals surface area contributed by atoms with E-state index in [1.54, 1.807) is 7.11 Å². The van der Waals surface area contributed by atoms with E-state index in [1.807, 2.05) is 17.9 Å². The first-order chi connectivity index (χ1) is 9.17. The molecule has 1 fully saturated rings. The zero-order valence-corrected chi connectivity index (χ0v) is 12.6. The highest BCUT2D eigenvalue weighted by molar-refractivity contribution is 5.28. The van der Waals surface area contributed by atoms with Crippen molar-refractivity contribution in [1.82, 2.24) is 15.1 Å². The molecule has 1 saturated carbocycles. The van der Waals surface area contributed by atoms with Crippen molar-refractivity contribution in [1.29, 1.82) is 0 Å². The molecular formula is C15H27N3O. The third kappa shape index (κ3) is 3.11. The van der Waals surface area contributed by atoms with Crippen molar-refractivity contribution in [2.75, 3.05) is 13.7 Å². The van der Waals surface area contributed by atoms with Crippen LogP contribution >= 0.6 is 0 Å². The van der Waals surface area contributed by atoms with Gasteiger partial charge in [-0.05, 0) is 31.2 Å². The van der Waals surface area contributed by atoms with Crippen molar-refractivity contribution in [3.63, 3.8) is 0 Å². The SMILES string of the molecule is CCNC(c1c(OC)cnn1C)C1CCC(C)CC1. The number of methoxy groups -OCH3 is 1. The lowest BCUT2D eigenvalue weighted by Crippen LogP contribution is -2.32. The topological polar surface area (TPSA) is 39.1 Å². The Morgan fingerprint density at radius 1 is 1.42 bits per heavy atom. The first-order valence-corrected chi connectivity index (χ1v) is 7.46. The highest BCUT2D eigenvalue weighted by Crippen LogP contribution is 2.39. The summed E-state index contributed by atoms with van der Waals surface area (Å²) < 4.78 is 7.44. The molecule has 0 saturated heterocycles. The summed E-state index contributed by atoms with van der Waals surface area (Å²) in [6.07, 6.45) is 7.10. The van der Waals surface area contributed by atoms with Crippen molar-refractivity contribution in [3.8, 4) is 5.75 Å². The average Bonchev–Trinajstić information content (AvgIpc) is 2.78. The maximum absolute atomic E-state index is 5.48. The van der Waals surface area contributed by atoms with Gasteiger partial charge in [-0.25, -0.2) is 0 Å². The molecule has 1 heterocycles. The number of hydrogen-bond acceptors (Lipinski definition) is 3. The van der Waals surface area contributed by atoms with Crippen LogP contribution in [0.4, 0.5) is 0 Å². The van der Waals surface area contributed by atoms with Crippen molar-refractivity contribution in [2.24, 2.45) is 18.9 Å². The first kappa shape index (κ1) is 14.4. The normalized spacial score (nSPS) is 25.3. The fourth-order valence-electron chi connectivity index (χ4n) is 3.26. The molecule has 0 bridgehead atoms. The largest absolute Gasteiger partial charge is 0.493 e. The van der Waals surface area contributed by atoms with Gasteiger partial charge in [-0.1, -0.05) is 26.7 Å².